The third-order valence-corrected chi connectivity index (χ3v) is 5.24. The summed E-state index contributed by atoms with van der Waals surface area (Å²) in [6.07, 6.45) is -0.737. The molecule has 1 atom stereocenters. The summed E-state index contributed by atoms with van der Waals surface area (Å²) in [5, 5.41) is 16.1. The molecule has 0 fully saturated rings. The molecular weight excluding hydrogens is 446 g/mol. The average molecular weight is 484 g/mol. The second kappa shape index (κ2) is 10.8. The summed E-state index contributed by atoms with van der Waals surface area (Å²) in [6.45, 7) is 13.9. The summed E-state index contributed by atoms with van der Waals surface area (Å²) in [6, 6.07) is 10.9. The highest BCUT2D eigenvalue weighted by Crippen LogP contribution is 2.35. The highest BCUT2D eigenvalue weighted by molar-refractivity contribution is 6.00. The van der Waals surface area contributed by atoms with Crippen LogP contribution in [0.1, 0.15) is 64.3 Å². The van der Waals surface area contributed by atoms with E-state index in [1.807, 2.05) is 32.0 Å². The van der Waals surface area contributed by atoms with Crippen LogP contribution in [0.4, 0.5) is 10.5 Å². The van der Waals surface area contributed by atoms with Gasteiger partial charge >= 0.3 is 6.09 Å². The lowest BCUT2D eigenvalue weighted by Crippen LogP contribution is -2.54. The van der Waals surface area contributed by atoms with E-state index in [1.165, 1.54) is 11.0 Å². The number of ether oxygens (including phenoxy) is 1. The summed E-state index contributed by atoms with van der Waals surface area (Å²) in [5.74, 6) is -1.10. The van der Waals surface area contributed by atoms with Crippen LogP contribution < -0.4 is 10.6 Å². The minimum Gasteiger partial charge on any atom is -0.508 e. The van der Waals surface area contributed by atoms with Gasteiger partial charge in [0.2, 0.25) is 5.91 Å². The maximum Gasteiger partial charge on any atom is 0.408 e. The van der Waals surface area contributed by atoms with E-state index in [4.69, 9.17) is 4.74 Å². The van der Waals surface area contributed by atoms with Crippen LogP contribution in [0.25, 0.3) is 0 Å². The second-order valence-corrected chi connectivity index (χ2v) is 10.5. The Bertz CT molecular complexity index is 1060. The Balaban J connectivity index is 2.48. The lowest BCUT2D eigenvalue weighted by atomic mass is 9.95. The van der Waals surface area contributed by atoms with E-state index < -0.39 is 35.1 Å². The van der Waals surface area contributed by atoms with Gasteiger partial charge in [-0.2, -0.15) is 0 Å². The Kier molecular flexibility index (Phi) is 8.55. The SMILES string of the molecule is Cc1cccc(C)c1NC(=O)C(c1ccccc1O)N(C(=O)CNC(=O)OC(C)(C)C)C(C)(C)C. The molecule has 2 aromatic carbocycles. The van der Waals surface area contributed by atoms with Gasteiger partial charge in [-0.05, 0) is 72.6 Å². The Morgan fingerprint density at radius 1 is 0.943 bits per heavy atom. The van der Waals surface area contributed by atoms with E-state index in [1.54, 1.807) is 59.7 Å². The summed E-state index contributed by atoms with van der Waals surface area (Å²) in [4.78, 5) is 40.8. The minimum absolute atomic E-state index is 0.115. The fraction of sp³-hybridized carbons (Fsp3) is 0.444. The Hall–Kier alpha value is -3.55. The molecule has 2 aromatic rings. The monoisotopic (exact) mass is 483 g/mol. The van der Waals surface area contributed by atoms with Crippen LogP contribution in [0.5, 0.6) is 5.75 Å². The molecule has 190 valence electrons. The van der Waals surface area contributed by atoms with Gasteiger partial charge in [-0.25, -0.2) is 4.79 Å². The van der Waals surface area contributed by atoms with Gasteiger partial charge < -0.3 is 25.4 Å². The standard InChI is InChI=1S/C27H37N3O5/c1-17-12-11-13-18(2)22(17)29-24(33)23(19-14-9-10-15-20(19)31)30(26(3,4)5)21(32)16-28-25(34)35-27(6,7)8/h9-15,23,31H,16H2,1-8H3,(H,28,34)(H,29,33). The average Bonchev–Trinajstić information content (AvgIpc) is 2.71. The lowest BCUT2D eigenvalue weighted by Gasteiger charge is -2.41. The van der Waals surface area contributed by atoms with Gasteiger partial charge in [0, 0.05) is 16.8 Å². The fourth-order valence-electron chi connectivity index (χ4n) is 3.77. The summed E-state index contributed by atoms with van der Waals surface area (Å²) in [5.41, 5.74) is 1.10. The van der Waals surface area contributed by atoms with Crippen molar-refractivity contribution < 1.29 is 24.2 Å². The fourth-order valence-corrected chi connectivity index (χ4v) is 3.77. The van der Waals surface area contributed by atoms with Gasteiger partial charge in [-0.15, -0.1) is 0 Å². The molecule has 3 amide bonds. The number of hydrogen-bond acceptors (Lipinski definition) is 5. The van der Waals surface area contributed by atoms with Gasteiger partial charge in [-0.3, -0.25) is 9.59 Å². The lowest BCUT2D eigenvalue weighted by molar-refractivity contribution is -0.144. The molecule has 35 heavy (non-hydrogen) atoms. The number of nitrogens with zero attached hydrogens (tertiary/aromatic N) is 1. The molecule has 0 spiro atoms. The molecule has 8 heteroatoms. The number of carbonyl (C=O) groups is 3. The zero-order valence-electron chi connectivity index (χ0n) is 21.9. The first-order valence-corrected chi connectivity index (χ1v) is 11.6. The van der Waals surface area contributed by atoms with Crippen molar-refractivity contribution in [3.63, 3.8) is 0 Å². The molecule has 0 aliphatic heterocycles. The van der Waals surface area contributed by atoms with Crippen molar-refractivity contribution in [2.45, 2.75) is 72.6 Å². The summed E-state index contributed by atoms with van der Waals surface area (Å²) < 4.78 is 5.23. The molecule has 0 saturated carbocycles. The number of para-hydroxylation sites is 2. The Labute approximate surface area is 207 Å². The maximum atomic E-state index is 13.8. The van der Waals surface area contributed by atoms with Gasteiger partial charge in [0.1, 0.15) is 23.9 Å². The van der Waals surface area contributed by atoms with Crippen molar-refractivity contribution >= 4 is 23.6 Å². The molecule has 0 aliphatic rings. The first kappa shape index (κ1) is 27.7. The number of carbonyl (C=O) groups excluding carboxylic acids is 3. The van der Waals surface area contributed by atoms with E-state index in [-0.39, 0.29) is 17.9 Å². The number of benzene rings is 2. The molecule has 0 bridgehead atoms. The normalized spacial score (nSPS) is 12.5. The van der Waals surface area contributed by atoms with E-state index in [0.29, 0.717) is 5.69 Å². The van der Waals surface area contributed by atoms with E-state index in [9.17, 15) is 19.5 Å². The van der Waals surface area contributed by atoms with Crippen molar-refractivity contribution in [2.24, 2.45) is 0 Å². The highest BCUT2D eigenvalue weighted by Gasteiger charge is 2.40. The first-order valence-electron chi connectivity index (χ1n) is 11.6. The quantitative estimate of drug-likeness (QED) is 0.545. The number of phenols is 1. The van der Waals surface area contributed by atoms with Crippen molar-refractivity contribution in [2.75, 3.05) is 11.9 Å². The van der Waals surface area contributed by atoms with Crippen LogP contribution in [0.2, 0.25) is 0 Å². The third-order valence-electron chi connectivity index (χ3n) is 5.24. The summed E-state index contributed by atoms with van der Waals surface area (Å²) >= 11 is 0. The van der Waals surface area contributed by atoms with Crippen LogP contribution >= 0.6 is 0 Å². The Morgan fingerprint density at radius 2 is 1.51 bits per heavy atom. The number of aromatic hydroxyl groups is 1. The van der Waals surface area contributed by atoms with Crippen LogP contribution in [0.15, 0.2) is 42.5 Å². The molecule has 2 rings (SSSR count). The number of alkyl carbamates (subject to hydrolysis) is 1. The maximum absolute atomic E-state index is 13.8. The van der Waals surface area contributed by atoms with Gasteiger partial charge in [0.15, 0.2) is 0 Å². The number of rotatable bonds is 6. The molecule has 0 aromatic heterocycles. The van der Waals surface area contributed by atoms with E-state index >= 15 is 0 Å². The van der Waals surface area contributed by atoms with Crippen LogP contribution in [0, 0.1) is 13.8 Å². The predicted molar refractivity (Wildman–Crippen MR) is 136 cm³/mol. The van der Waals surface area contributed by atoms with Crippen molar-refractivity contribution in [1.82, 2.24) is 10.2 Å². The van der Waals surface area contributed by atoms with Gasteiger partial charge in [0.05, 0.1) is 0 Å². The molecule has 0 saturated heterocycles. The van der Waals surface area contributed by atoms with Crippen LogP contribution in [-0.2, 0) is 14.3 Å². The second-order valence-electron chi connectivity index (χ2n) is 10.5. The third kappa shape index (κ3) is 7.47. The topological polar surface area (TPSA) is 108 Å². The molecule has 1 unspecified atom stereocenters. The Morgan fingerprint density at radius 3 is 2.03 bits per heavy atom. The molecule has 0 radical (unpaired) electrons. The molecule has 8 nitrogen and oxygen atoms in total. The molecule has 3 N–H and O–H groups in total. The van der Waals surface area contributed by atoms with Crippen molar-refractivity contribution in [3.05, 3.63) is 59.2 Å². The highest BCUT2D eigenvalue weighted by atomic mass is 16.6. The van der Waals surface area contributed by atoms with Crippen molar-refractivity contribution in [3.8, 4) is 5.75 Å². The predicted octanol–water partition coefficient (Wildman–Crippen LogP) is 4.84. The molecule has 0 heterocycles. The zero-order valence-corrected chi connectivity index (χ0v) is 21.9. The zero-order chi connectivity index (χ0) is 26.6. The van der Waals surface area contributed by atoms with E-state index in [0.717, 1.165) is 11.1 Å². The number of aryl methyl sites for hydroxylation is 2. The summed E-state index contributed by atoms with van der Waals surface area (Å²) in [7, 11) is 0. The molecular formula is C27H37N3O5. The largest absolute Gasteiger partial charge is 0.508 e. The van der Waals surface area contributed by atoms with Crippen LogP contribution in [-0.4, -0.2) is 45.6 Å². The van der Waals surface area contributed by atoms with E-state index in [2.05, 4.69) is 10.6 Å². The van der Waals surface area contributed by atoms with Crippen molar-refractivity contribution in [1.29, 1.82) is 0 Å². The number of anilines is 1. The molecule has 0 aliphatic carbocycles. The first-order chi connectivity index (χ1) is 16.1. The number of amides is 3. The van der Waals surface area contributed by atoms with Gasteiger partial charge in [0.25, 0.3) is 5.91 Å². The minimum atomic E-state index is -1.16. The van der Waals surface area contributed by atoms with Gasteiger partial charge in [-0.1, -0.05) is 36.4 Å². The smallest absolute Gasteiger partial charge is 0.408 e. The number of phenolic OH excluding ortho intramolecular Hbond substituents is 1. The number of nitrogens with one attached hydrogen (secondary N) is 2. The number of hydrogen-bond donors (Lipinski definition) is 3. The van der Waals surface area contributed by atoms with Crippen LogP contribution in [0.3, 0.4) is 0 Å².